The van der Waals surface area contributed by atoms with Crippen molar-refractivity contribution in [2.45, 2.75) is 0 Å². The minimum Gasteiger partial charge on any atom is -0.494 e. The second-order valence-electron chi connectivity index (χ2n) is 3.62. The molecular weight excluding hydrogens is 214 g/mol. The molecule has 0 saturated heterocycles. The van der Waals surface area contributed by atoms with Crippen molar-refractivity contribution in [3.05, 3.63) is 59.7 Å². The van der Waals surface area contributed by atoms with Crippen molar-refractivity contribution in [3.8, 4) is 5.75 Å². The van der Waals surface area contributed by atoms with E-state index in [1.54, 1.807) is 30.3 Å². The highest BCUT2D eigenvalue weighted by Crippen LogP contribution is 2.27. The summed E-state index contributed by atoms with van der Waals surface area (Å²) in [5.74, 6) is 0.344. The van der Waals surface area contributed by atoms with Gasteiger partial charge in [-0.2, -0.15) is 0 Å². The summed E-state index contributed by atoms with van der Waals surface area (Å²) < 4.78 is 5.17. The molecule has 0 aliphatic heterocycles. The van der Waals surface area contributed by atoms with Gasteiger partial charge in [0.2, 0.25) is 0 Å². The molecule has 2 rings (SSSR count). The fraction of sp³-hybridized carbons (Fsp3) is 0.0714. The molecule has 2 N–H and O–H groups in total. The number of para-hydroxylation sites is 1. The van der Waals surface area contributed by atoms with E-state index < -0.39 is 0 Å². The van der Waals surface area contributed by atoms with Crippen LogP contribution in [-0.4, -0.2) is 12.9 Å². The zero-order valence-electron chi connectivity index (χ0n) is 9.51. The lowest BCUT2D eigenvalue weighted by Gasteiger charge is -2.09. The maximum atomic E-state index is 12.2. The number of rotatable bonds is 3. The Bertz CT molecular complexity index is 535. The fourth-order valence-electron chi connectivity index (χ4n) is 1.71. The van der Waals surface area contributed by atoms with Crippen LogP contribution in [0.5, 0.6) is 5.75 Å². The summed E-state index contributed by atoms with van der Waals surface area (Å²) in [5, 5.41) is 0. The van der Waals surface area contributed by atoms with E-state index in [9.17, 15) is 4.79 Å². The van der Waals surface area contributed by atoms with Gasteiger partial charge in [-0.15, -0.1) is 0 Å². The molecule has 0 spiro atoms. The van der Waals surface area contributed by atoms with Crippen LogP contribution in [0.25, 0.3) is 0 Å². The summed E-state index contributed by atoms with van der Waals surface area (Å²) in [7, 11) is 1.51. The number of carbonyl (C=O) groups is 1. The van der Waals surface area contributed by atoms with Gasteiger partial charge in [0.15, 0.2) is 11.5 Å². The normalized spacial score (nSPS) is 9.94. The highest BCUT2D eigenvalue weighted by molar-refractivity contribution is 6.11. The Morgan fingerprint density at radius 2 is 1.76 bits per heavy atom. The standard InChI is InChI=1S/C14H13NO2/c1-17-14-11(8-5-9-12(14)15)13(16)10-6-3-2-4-7-10/h2-9H,15H2,1H3. The van der Waals surface area contributed by atoms with Crippen molar-refractivity contribution < 1.29 is 9.53 Å². The molecule has 17 heavy (non-hydrogen) atoms. The van der Waals surface area contributed by atoms with Gasteiger partial charge in [-0.1, -0.05) is 36.4 Å². The quantitative estimate of drug-likeness (QED) is 0.647. The van der Waals surface area contributed by atoms with E-state index in [-0.39, 0.29) is 5.78 Å². The molecule has 0 aromatic heterocycles. The SMILES string of the molecule is COc1c(N)cccc1C(=O)c1ccccc1. The lowest BCUT2D eigenvalue weighted by atomic mass is 10.0. The third-order valence-electron chi connectivity index (χ3n) is 2.53. The second kappa shape index (κ2) is 4.70. The minimum absolute atomic E-state index is 0.0882. The predicted molar refractivity (Wildman–Crippen MR) is 67.3 cm³/mol. The molecule has 0 fully saturated rings. The van der Waals surface area contributed by atoms with Gasteiger partial charge >= 0.3 is 0 Å². The summed E-state index contributed by atoms with van der Waals surface area (Å²) in [4.78, 5) is 12.2. The second-order valence-corrected chi connectivity index (χ2v) is 3.62. The number of carbonyl (C=O) groups excluding carboxylic acids is 1. The largest absolute Gasteiger partial charge is 0.494 e. The molecule has 0 saturated carbocycles. The number of nitrogens with two attached hydrogens (primary N) is 1. The van der Waals surface area contributed by atoms with E-state index in [2.05, 4.69) is 0 Å². The highest BCUT2D eigenvalue weighted by Gasteiger charge is 2.15. The summed E-state index contributed by atoms with van der Waals surface area (Å²) in [6, 6.07) is 14.2. The van der Waals surface area contributed by atoms with Crippen LogP contribution in [-0.2, 0) is 0 Å². The Morgan fingerprint density at radius 1 is 1.06 bits per heavy atom. The first kappa shape index (κ1) is 11.2. The molecule has 0 atom stereocenters. The molecule has 2 aromatic carbocycles. The molecule has 0 unspecified atom stereocenters. The van der Waals surface area contributed by atoms with E-state index in [1.807, 2.05) is 18.2 Å². The van der Waals surface area contributed by atoms with Crippen LogP contribution in [0.4, 0.5) is 5.69 Å². The summed E-state index contributed by atoms with van der Waals surface area (Å²) >= 11 is 0. The lowest BCUT2D eigenvalue weighted by molar-refractivity contribution is 0.103. The maximum absolute atomic E-state index is 12.2. The number of ether oxygens (including phenoxy) is 1. The Hall–Kier alpha value is -2.29. The average Bonchev–Trinajstić information content (AvgIpc) is 2.38. The molecule has 2 aromatic rings. The number of methoxy groups -OCH3 is 1. The maximum Gasteiger partial charge on any atom is 0.196 e. The van der Waals surface area contributed by atoms with Crippen molar-refractivity contribution in [1.29, 1.82) is 0 Å². The van der Waals surface area contributed by atoms with Crippen LogP contribution in [0.3, 0.4) is 0 Å². The Labute approximate surface area is 99.8 Å². The van der Waals surface area contributed by atoms with Crippen molar-refractivity contribution >= 4 is 11.5 Å². The number of nitrogen functional groups attached to an aromatic ring is 1. The lowest BCUT2D eigenvalue weighted by Crippen LogP contribution is -2.05. The average molecular weight is 227 g/mol. The van der Waals surface area contributed by atoms with Gasteiger partial charge in [0.05, 0.1) is 18.4 Å². The Balaban J connectivity index is 2.48. The van der Waals surface area contributed by atoms with E-state index in [0.717, 1.165) is 0 Å². The molecule has 86 valence electrons. The van der Waals surface area contributed by atoms with Crippen LogP contribution >= 0.6 is 0 Å². The molecule has 0 amide bonds. The molecule has 0 heterocycles. The minimum atomic E-state index is -0.0882. The van der Waals surface area contributed by atoms with Crippen LogP contribution in [0, 0.1) is 0 Å². The zero-order valence-corrected chi connectivity index (χ0v) is 9.51. The number of anilines is 1. The van der Waals surface area contributed by atoms with Crippen LogP contribution in [0.15, 0.2) is 48.5 Å². The van der Waals surface area contributed by atoms with Gasteiger partial charge in [-0.3, -0.25) is 4.79 Å². The van der Waals surface area contributed by atoms with Crippen molar-refractivity contribution in [1.82, 2.24) is 0 Å². The van der Waals surface area contributed by atoms with Crippen molar-refractivity contribution in [2.24, 2.45) is 0 Å². The Kier molecular flexibility index (Phi) is 3.10. The fourth-order valence-corrected chi connectivity index (χ4v) is 1.71. The van der Waals surface area contributed by atoms with Gasteiger partial charge in [-0.25, -0.2) is 0 Å². The monoisotopic (exact) mass is 227 g/mol. The number of hydrogen-bond donors (Lipinski definition) is 1. The van der Waals surface area contributed by atoms with Crippen LogP contribution in [0.1, 0.15) is 15.9 Å². The number of hydrogen-bond acceptors (Lipinski definition) is 3. The Morgan fingerprint density at radius 3 is 2.41 bits per heavy atom. The third-order valence-corrected chi connectivity index (χ3v) is 2.53. The summed E-state index contributed by atoms with van der Waals surface area (Å²) in [6.45, 7) is 0. The van der Waals surface area contributed by atoms with Crippen molar-refractivity contribution in [3.63, 3.8) is 0 Å². The molecule has 0 aliphatic carbocycles. The van der Waals surface area contributed by atoms with Crippen LogP contribution in [0.2, 0.25) is 0 Å². The van der Waals surface area contributed by atoms with E-state index in [0.29, 0.717) is 22.6 Å². The molecule has 0 aliphatic rings. The van der Waals surface area contributed by atoms with E-state index >= 15 is 0 Å². The highest BCUT2D eigenvalue weighted by atomic mass is 16.5. The molecule has 0 radical (unpaired) electrons. The van der Waals surface area contributed by atoms with Gasteiger partial charge < -0.3 is 10.5 Å². The zero-order chi connectivity index (χ0) is 12.3. The molecular formula is C14H13NO2. The first-order valence-electron chi connectivity index (χ1n) is 5.26. The van der Waals surface area contributed by atoms with Gasteiger partial charge in [0, 0.05) is 5.56 Å². The van der Waals surface area contributed by atoms with E-state index in [4.69, 9.17) is 10.5 Å². The van der Waals surface area contributed by atoms with Gasteiger partial charge in [-0.05, 0) is 12.1 Å². The smallest absolute Gasteiger partial charge is 0.196 e. The van der Waals surface area contributed by atoms with E-state index in [1.165, 1.54) is 7.11 Å². The topological polar surface area (TPSA) is 52.3 Å². The number of benzene rings is 2. The van der Waals surface area contributed by atoms with Gasteiger partial charge in [0.25, 0.3) is 0 Å². The first-order valence-corrected chi connectivity index (χ1v) is 5.26. The summed E-state index contributed by atoms with van der Waals surface area (Å²) in [5.41, 5.74) is 7.34. The molecule has 0 bridgehead atoms. The third kappa shape index (κ3) is 2.13. The summed E-state index contributed by atoms with van der Waals surface area (Å²) in [6.07, 6.45) is 0. The van der Waals surface area contributed by atoms with Crippen LogP contribution < -0.4 is 10.5 Å². The molecule has 3 heteroatoms. The molecule has 3 nitrogen and oxygen atoms in total. The number of ketones is 1. The first-order chi connectivity index (χ1) is 8.24. The van der Waals surface area contributed by atoms with Gasteiger partial charge in [0.1, 0.15) is 0 Å². The van der Waals surface area contributed by atoms with Crippen molar-refractivity contribution in [2.75, 3.05) is 12.8 Å². The predicted octanol–water partition coefficient (Wildman–Crippen LogP) is 2.51.